The fourth-order valence-electron chi connectivity index (χ4n) is 3.24. The molecule has 9 heteroatoms. The van der Waals surface area contributed by atoms with E-state index in [1.807, 2.05) is 26.0 Å². The third-order valence-electron chi connectivity index (χ3n) is 5.24. The van der Waals surface area contributed by atoms with E-state index in [0.29, 0.717) is 16.3 Å². The van der Waals surface area contributed by atoms with Crippen molar-refractivity contribution in [3.05, 3.63) is 64.7 Å². The van der Waals surface area contributed by atoms with Crippen molar-refractivity contribution in [2.24, 2.45) is 0 Å². The van der Waals surface area contributed by atoms with Crippen molar-refractivity contribution in [1.29, 1.82) is 0 Å². The predicted octanol–water partition coefficient (Wildman–Crippen LogP) is 3.39. The Morgan fingerprint density at radius 3 is 2.12 bits per heavy atom. The lowest BCUT2D eigenvalue weighted by molar-refractivity contribution is -0.139. The molecule has 0 aliphatic carbocycles. The second kappa shape index (κ2) is 10.8. The zero-order valence-corrected chi connectivity index (χ0v) is 20.6. The number of likely N-dealkylation sites (N-methyl/N-ethyl adjacent to an activating group) is 1. The Morgan fingerprint density at radius 2 is 1.62 bits per heavy atom. The van der Waals surface area contributed by atoms with E-state index in [1.54, 1.807) is 43.3 Å². The molecule has 0 unspecified atom stereocenters. The molecule has 0 bridgehead atoms. The second-order valence-corrected chi connectivity index (χ2v) is 10.2. The van der Waals surface area contributed by atoms with Gasteiger partial charge in [0, 0.05) is 18.6 Å². The molecule has 0 fully saturated rings. The van der Waals surface area contributed by atoms with Crippen LogP contribution in [0, 0.1) is 0 Å². The van der Waals surface area contributed by atoms with Crippen molar-refractivity contribution in [1.82, 2.24) is 10.2 Å². The van der Waals surface area contributed by atoms with Gasteiger partial charge in [0.25, 0.3) is 0 Å². The molecule has 2 amide bonds. The Balaban J connectivity index is 2.38. The number of nitrogens with zero attached hydrogens (tertiary/aromatic N) is 2. The molecule has 2 aromatic rings. The highest BCUT2D eigenvalue weighted by atomic mass is 35.5. The van der Waals surface area contributed by atoms with Crippen LogP contribution in [0.25, 0.3) is 0 Å². The van der Waals surface area contributed by atoms with E-state index in [1.165, 1.54) is 11.9 Å². The molecule has 0 aliphatic rings. The van der Waals surface area contributed by atoms with Crippen LogP contribution in [0.5, 0.6) is 0 Å². The summed E-state index contributed by atoms with van der Waals surface area (Å²) in [5, 5.41) is 2.99. The van der Waals surface area contributed by atoms with Crippen molar-refractivity contribution in [3.63, 3.8) is 0 Å². The van der Waals surface area contributed by atoms with Crippen LogP contribution < -0.4 is 9.62 Å². The quantitative estimate of drug-likeness (QED) is 0.597. The van der Waals surface area contributed by atoms with E-state index in [2.05, 4.69) is 5.32 Å². The molecule has 0 spiro atoms. The first kappa shape index (κ1) is 25.7. The van der Waals surface area contributed by atoms with Crippen molar-refractivity contribution >= 4 is 39.1 Å². The number of nitrogens with one attached hydrogen (secondary N) is 1. The predicted molar refractivity (Wildman–Crippen MR) is 128 cm³/mol. The van der Waals surface area contributed by atoms with Gasteiger partial charge in [0.15, 0.2) is 0 Å². The van der Waals surface area contributed by atoms with Gasteiger partial charge < -0.3 is 10.2 Å². The largest absolute Gasteiger partial charge is 0.357 e. The molecule has 2 rings (SSSR count). The van der Waals surface area contributed by atoms with E-state index in [9.17, 15) is 18.0 Å². The maximum absolute atomic E-state index is 13.3. The van der Waals surface area contributed by atoms with Crippen LogP contribution in [0.1, 0.15) is 37.8 Å². The van der Waals surface area contributed by atoms with Crippen LogP contribution in [-0.4, -0.2) is 51.0 Å². The number of amides is 2. The molecule has 1 atom stereocenters. The van der Waals surface area contributed by atoms with Crippen LogP contribution in [0.4, 0.5) is 5.69 Å². The van der Waals surface area contributed by atoms with E-state index in [-0.39, 0.29) is 18.4 Å². The molecule has 7 nitrogen and oxygen atoms in total. The van der Waals surface area contributed by atoms with Gasteiger partial charge in [-0.05, 0) is 42.2 Å². The third-order valence-corrected chi connectivity index (χ3v) is 6.75. The number of rotatable bonds is 9. The molecule has 0 radical (unpaired) electrons. The summed E-state index contributed by atoms with van der Waals surface area (Å²) in [6.45, 7) is 5.30. The van der Waals surface area contributed by atoms with E-state index < -0.39 is 28.5 Å². The maximum atomic E-state index is 13.3. The molecule has 1 N–H and O–H groups in total. The van der Waals surface area contributed by atoms with E-state index in [0.717, 1.165) is 16.1 Å². The van der Waals surface area contributed by atoms with Gasteiger partial charge in [-0.15, -0.1) is 0 Å². The first-order valence-electron chi connectivity index (χ1n) is 10.3. The van der Waals surface area contributed by atoms with E-state index in [4.69, 9.17) is 11.6 Å². The van der Waals surface area contributed by atoms with Crippen LogP contribution >= 0.6 is 11.6 Å². The highest BCUT2D eigenvalue weighted by Gasteiger charge is 2.30. The van der Waals surface area contributed by atoms with Crippen molar-refractivity contribution < 1.29 is 18.0 Å². The molecule has 0 heterocycles. The second-order valence-electron chi connectivity index (χ2n) is 7.92. The number of carbonyl (C=O) groups excluding carboxylic acids is 2. The number of halogens is 1. The first-order chi connectivity index (χ1) is 15.0. The Hall–Kier alpha value is -2.58. The first-order valence-corrected chi connectivity index (χ1v) is 12.5. The standard InChI is InChI=1S/C23H30ClN3O4S/c1-16(2)18-10-12-20(13-11-18)27(32(5,30)31)15-22(28)26(17(3)23(29)25-4)14-19-8-6-7-9-21(19)24/h6-13,16-17H,14-15H2,1-5H3,(H,25,29)/t17-/m0/s1. The minimum Gasteiger partial charge on any atom is -0.357 e. The average molecular weight is 480 g/mol. The minimum atomic E-state index is -3.75. The van der Waals surface area contributed by atoms with Gasteiger partial charge in [-0.2, -0.15) is 0 Å². The molecule has 0 saturated carbocycles. The Morgan fingerprint density at radius 1 is 1.03 bits per heavy atom. The van der Waals surface area contributed by atoms with Crippen molar-refractivity contribution in [2.45, 2.75) is 39.3 Å². The lowest BCUT2D eigenvalue weighted by Crippen LogP contribution is -2.50. The van der Waals surface area contributed by atoms with Gasteiger partial charge in [0.2, 0.25) is 21.8 Å². The number of hydrogen-bond acceptors (Lipinski definition) is 4. The summed E-state index contributed by atoms with van der Waals surface area (Å²) in [7, 11) is -2.27. The van der Waals surface area contributed by atoms with Gasteiger partial charge in [0.1, 0.15) is 12.6 Å². The maximum Gasteiger partial charge on any atom is 0.244 e. The Labute approximate surface area is 195 Å². The number of anilines is 1. The minimum absolute atomic E-state index is 0.0665. The molecule has 2 aromatic carbocycles. The monoisotopic (exact) mass is 479 g/mol. The number of carbonyl (C=O) groups is 2. The van der Waals surface area contributed by atoms with Gasteiger partial charge in [0.05, 0.1) is 11.9 Å². The summed E-state index contributed by atoms with van der Waals surface area (Å²) < 4.78 is 26.1. The van der Waals surface area contributed by atoms with Crippen molar-refractivity contribution in [3.8, 4) is 0 Å². The molecule has 0 aliphatic heterocycles. The summed E-state index contributed by atoms with van der Waals surface area (Å²) in [4.78, 5) is 27.0. The SMILES string of the molecule is CNC(=O)[C@H](C)N(Cc1ccccc1Cl)C(=O)CN(c1ccc(C(C)C)cc1)S(C)(=O)=O. The van der Waals surface area contributed by atoms with Gasteiger partial charge in [-0.25, -0.2) is 8.42 Å². The van der Waals surface area contributed by atoms with Gasteiger partial charge in [-0.1, -0.05) is 55.8 Å². The molecule has 0 saturated heterocycles. The summed E-state index contributed by atoms with van der Waals surface area (Å²) in [5.41, 5.74) is 2.10. The average Bonchev–Trinajstić information content (AvgIpc) is 2.75. The van der Waals surface area contributed by atoms with Gasteiger partial charge >= 0.3 is 0 Å². The number of benzene rings is 2. The van der Waals surface area contributed by atoms with Crippen LogP contribution in [0.2, 0.25) is 5.02 Å². The van der Waals surface area contributed by atoms with Crippen LogP contribution in [0.15, 0.2) is 48.5 Å². The third kappa shape index (κ3) is 6.46. The fourth-order valence-corrected chi connectivity index (χ4v) is 4.29. The highest BCUT2D eigenvalue weighted by molar-refractivity contribution is 7.92. The van der Waals surface area contributed by atoms with E-state index >= 15 is 0 Å². The van der Waals surface area contributed by atoms with Crippen molar-refractivity contribution in [2.75, 3.05) is 24.2 Å². The summed E-state index contributed by atoms with van der Waals surface area (Å²) in [6, 6.07) is 13.2. The topological polar surface area (TPSA) is 86.8 Å². The lowest BCUT2D eigenvalue weighted by atomic mass is 10.0. The zero-order valence-electron chi connectivity index (χ0n) is 19.0. The molecule has 32 heavy (non-hydrogen) atoms. The lowest BCUT2D eigenvalue weighted by Gasteiger charge is -2.31. The Kier molecular flexibility index (Phi) is 8.69. The molecular formula is C23H30ClN3O4S. The fraction of sp³-hybridized carbons (Fsp3) is 0.391. The summed E-state index contributed by atoms with van der Waals surface area (Å²) in [6.07, 6.45) is 1.05. The number of hydrogen-bond donors (Lipinski definition) is 1. The normalized spacial score (nSPS) is 12.3. The summed E-state index contributed by atoms with van der Waals surface area (Å²) in [5.74, 6) is -0.589. The van der Waals surface area contributed by atoms with Crippen LogP contribution in [0.3, 0.4) is 0 Å². The molecule has 0 aromatic heterocycles. The molecule has 174 valence electrons. The highest BCUT2D eigenvalue weighted by Crippen LogP contribution is 2.23. The zero-order chi connectivity index (χ0) is 24.1. The summed E-state index contributed by atoms with van der Waals surface area (Å²) >= 11 is 6.26. The smallest absolute Gasteiger partial charge is 0.244 e. The Bertz CT molecular complexity index is 1060. The van der Waals surface area contributed by atoms with Crippen LogP contribution in [-0.2, 0) is 26.2 Å². The van der Waals surface area contributed by atoms with Gasteiger partial charge in [-0.3, -0.25) is 13.9 Å². The number of sulfonamides is 1. The molecular weight excluding hydrogens is 450 g/mol.